The highest BCUT2D eigenvalue weighted by molar-refractivity contribution is 6.21. The van der Waals surface area contributed by atoms with Crippen LogP contribution in [0.25, 0.3) is 98.8 Å². The maximum absolute atomic E-state index is 6.37. The molecule has 0 fully saturated rings. The van der Waals surface area contributed by atoms with Crippen LogP contribution >= 0.6 is 0 Å². The van der Waals surface area contributed by atoms with Gasteiger partial charge in [-0.15, -0.1) is 0 Å². The second-order valence-corrected chi connectivity index (χ2v) is 12.8. The predicted molar refractivity (Wildman–Crippen MR) is 208 cm³/mol. The van der Waals surface area contributed by atoms with Gasteiger partial charge in [0.25, 0.3) is 0 Å². The molecule has 1 aromatic heterocycles. The SMILES string of the molecule is c1ccc2c(-c3ccc(-c4c5ccccc5c(-c5ccc(-c6cccc7c6oc6ccccc67)cc5)c5ccccc45)cc3)cccc2c1. The van der Waals surface area contributed by atoms with Gasteiger partial charge in [-0.05, 0) is 77.3 Å². The predicted octanol–water partition coefficient (Wildman–Crippen LogP) is 13.7. The number of furan rings is 1. The highest BCUT2D eigenvalue weighted by Crippen LogP contribution is 2.45. The molecular weight excluding hydrogens is 593 g/mol. The Bertz CT molecular complexity index is 2790. The Morgan fingerprint density at radius 3 is 1.29 bits per heavy atom. The molecule has 0 N–H and O–H groups in total. The summed E-state index contributed by atoms with van der Waals surface area (Å²) in [6.07, 6.45) is 0. The van der Waals surface area contributed by atoms with E-state index < -0.39 is 0 Å². The summed E-state index contributed by atoms with van der Waals surface area (Å²) in [5, 5.41) is 9.85. The average Bonchev–Trinajstić information content (AvgIpc) is 3.56. The van der Waals surface area contributed by atoms with Crippen LogP contribution in [0.5, 0.6) is 0 Å². The van der Waals surface area contributed by atoms with Crippen molar-refractivity contribution in [2.45, 2.75) is 0 Å². The molecule has 0 aliphatic rings. The second kappa shape index (κ2) is 11.1. The highest BCUT2D eigenvalue weighted by Gasteiger charge is 2.18. The molecule has 9 aromatic carbocycles. The summed E-state index contributed by atoms with van der Waals surface area (Å²) in [6, 6.07) is 65.7. The topological polar surface area (TPSA) is 13.1 Å². The van der Waals surface area contributed by atoms with Crippen molar-refractivity contribution in [1.29, 1.82) is 0 Å². The second-order valence-electron chi connectivity index (χ2n) is 12.8. The third kappa shape index (κ3) is 4.40. The first-order valence-corrected chi connectivity index (χ1v) is 16.8. The lowest BCUT2D eigenvalue weighted by atomic mass is 9.85. The van der Waals surface area contributed by atoms with Gasteiger partial charge in [0.15, 0.2) is 0 Å². The minimum absolute atomic E-state index is 0.919. The summed E-state index contributed by atoms with van der Waals surface area (Å²) in [4.78, 5) is 0. The summed E-state index contributed by atoms with van der Waals surface area (Å²) in [6.45, 7) is 0. The maximum atomic E-state index is 6.37. The highest BCUT2D eigenvalue weighted by atomic mass is 16.3. The van der Waals surface area contributed by atoms with Gasteiger partial charge in [-0.3, -0.25) is 0 Å². The van der Waals surface area contributed by atoms with Crippen LogP contribution < -0.4 is 0 Å². The van der Waals surface area contributed by atoms with Gasteiger partial charge in [0.1, 0.15) is 11.2 Å². The zero-order chi connectivity index (χ0) is 32.3. The molecule has 1 heteroatoms. The Kier molecular flexibility index (Phi) is 6.25. The van der Waals surface area contributed by atoms with E-state index in [2.05, 4.69) is 170 Å². The van der Waals surface area contributed by atoms with Crippen molar-refractivity contribution in [3.8, 4) is 44.5 Å². The summed E-state index contributed by atoms with van der Waals surface area (Å²) in [5.74, 6) is 0. The Morgan fingerprint density at radius 1 is 0.265 bits per heavy atom. The molecule has 49 heavy (non-hydrogen) atoms. The molecule has 0 atom stereocenters. The van der Waals surface area contributed by atoms with Crippen LogP contribution in [-0.4, -0.2) is 0 Å². The molecule has 10 aromatic rings. The molecular formula is C48H30O. The number of benzene rings is 9. The van der Waals surface area contributed by atoms with E-state index in [1.807, 2.05) is 12.1 Å². The lowest BCUT2D eigenvalue weighted by Gasteiger charge is -2.18. The van der Waals surface area contributed by atoms with Gasteiger partial charge in [-0.1, -0.05) is 176 Å². The Labute approximate surface area is 284 Å². The van der Waals surface area contributed by atoms with E-state index in [1.54, 1.807) is 0 Å². The number of para-hydroxylation sites is 2. The van der Waals surface area contributed by atoms with E-state index in [0.29, 0.717) is 0 Å². The molecule has 10 rings (SSSR count). The van der Waals surface area contributed by atoms with E-state index in [-0.39, 0.29) is 0 Å². The minimum atomic E-state index is 0.919. The molecule has 1 nitrogen and oxygen atoms in total. The van der Waals surface area contributed by atoms with E-state index >= 15 is 0 Å². The average molecular weight is 623 g/mol. The number of hydrogen-bond acceptors (Lipinski definition) is 1. The van der Waals surface area contributed by atoms with Crippen molar-refractivity contribution in [2.24, 2.45) is 0 Å². The van der Waals surface area contributed by atoms with Crippen LogP contribution in [-0.2, 0) is 0 Å². The van der Waals surface area contributed by atoms with Gasteiger partial charge in [-0.25, -0.2) is 0 Å². The fraction of sp³-hybridized carbons (Fsp3) is 0. The van der Waals surface area contributed by atoms with Crippen molar-refractivity contribution in [2.75, 3.05) is 0 Å². The summed E-state index contributed by atoms with van der Waals surface area (Å²) >= 11 is 0. The van der Waals surface area contributed by atoms with Gasteiger partial charge in [0, 0.05) is 16.3 Å². The van der Waals surface area contributed by atoms with Crippen LogP contribution in [0.2, 0.25) is 0 Å². The zero-order valence-electron chi connectivity index (χ0n) is 26.7. The first-order chi connectivity index (χ1) is 24.3. The molecule has 0 amide bonds. The number of rotatable bonds is 4. The van der Waals surface area contributed by atoms with Crippen molar-refractivity contribution < 1.29 is 4.42 Å². The van der Waals surface area contributed by atoms with Gasteiger partial charge in [0.05, 0.1) is 0 Å². The molecule has 0 spiro atoms. The smallest absolute Gasteiger partial charge is 0.143 e. The molecule has 1 heterocycles. The van der Waals surface area contributed by atoms with Crippen molar-refractivity contribution >= 4 is 54.3 Å². The lowest BCUT2D eigenvalue weighted by Crippen LogP contribution is -1.91. The monoisotopic (exact) mass is 622 g/mol. The summed E-state index contributed by atoms with van der Waals surface area (Å²) in [7, 11) is 0. The van der Waals surface area contributed by atoms with E-state index in [1.165, 1.54) is 65.7 Å². The summed E-state index contributed by atoms with van der Waals surface area (Å²) in [5.41, 5.74) is 11.5. The minimum Gasteiger partial charge on any atom is -0.455 e. The van der Waals surface area contributed by atoms with Crippen LogP contribution in [0.4, 0.5) is 0 Å². The van der Waals surface area contributed by atoms with Gasteiger partial charge < -0.3 is 4.42 Å². The number of fused-ring (bicyclic) bond motifs is 6. The van der Waals surface area contributed by atoms with Crippen molar-refractivity contribution in [1.82, 2.24) is 0 Å². The number of hydrogen-bond donors (Lipinski definition) is 0. The van der Waals surface area contributed by atoms with Gasteiger partial charge in [0.2, 0.25) is 0 Å². The fourth-order valence-corrected chi connectivity index (χ4v) is 7.83. The van der Waals surface area contributed by atoms with Crippen LogP contribution in [0, 0.1) is 0 Å². The normalized spacial score (nSPS) is 11.7. The third-order valence-electron chi connectivity index (χ3n) is 10.1. The van der Waals surface area contributed by atoms with Gasteiger partial charge >= 0.3 is 0 Å². The van der Waals surface area contributed by atoms with Gasteiger partial charge in [-0.2, -0.15) is 0 Å². The standard InChI is InChI=1S/C48H30O/c1-2-13-36-31(11-1)12-9-19-37(36)32-23-27-34(28-24-32)46-40-15-3-5-17-42(40)47(43-18-6-4-16-41(43)46)35-29-25-33(26-30-35)38-20-10-21-44-39-14-7-8-22-45(39)49-48(38)44/h1-30H. The van der Waals surface area contributed by atoms with Crippen molar-refractivity contribution in [3.05, 3.63) is 182 Å². The van der Waals surface area contributed by atoms with Crippen LogP contribution in [0.1, 0.15) is 0 Å². The quantitative estimate of drug-likeness (QED) is 0.178. The van der Waals surface area contributed by atoms with Crippen LogP contribution in [0.3, 0.4) is 0 Å². The van der Waals surface area contributed by atoms with Crippen molar-refractivity contribution in [3.63, 3.8) is 0 Å². The molecule has 0 aliphatic heterocycles. The molecule has 0 aliphatic carbocycles. The molecule has 0 radical (unpaired) electrons. The third-order valence-corrected chi connectivity index (χ3v) is 10.1. The molecule has 0 saturated carbocycles. The Hall–Kier alpha value is -6.44. The van der Waals surface area contributed by atoms with E-state index in [4.69, 9.17) is 4.42 Å². The Morgan fingerprint density at radius 2 is 0.673 bits per heavy atom. The molecule has 0 unspecified atom stereocenters. The Balaban J connectivity index is 1.11. The zero-order valence-corrected chi connectivity index (χ0v) is 26.7. The van der Waals surface area contributed by atoms with E-state index in [0.717, 1.165) is 33.1 Å². The first-order valence-electron chi connectivity index (χ1n) is 16.8. The summed E-state index contributed by atoms with van der Waals surface area (Å²) < 4.78 is 6.37. The maximum Gasteiger partial charge on any atom is 0.143 e. The molecule has 0 saturated heterocycles. The van der Waals surface area contributed by atoms with Crippen LogP contribution in [0.15, 0.2) is 186 Å². The lowest BCUT2D eigenvalue weighted by molar-refractivity contribution is 0.670. The molecule has 228 valence electrons. The first kappa shape index (κ1) is 27.7. The fourth-order valence-electron chi connectivity index (χ4n) is 7.83. The largest absolute Gasteiger partial charge is 0.455 e. The molecule has 0 bridgehead atoms. The van der Waals surface area contributed by atoms with E-state index in [9.17, 15) is 0 Å².